The molecule has 2 heterocycles. The lowest BCUT2D eigenvalue weighted by molar-refractivity contribution is 0.271. The Morgan fingerprint density at radius 3 is 3.00 bits per heavy atom. The summed E-state index contributed by atoms with van der Waals surface area (Å²) in [5.74, 6) is 0.678. The van der Waals surface area contributed by atoms with Crippen LogP contribution in [0.25, 0.3) is 11.0 Å². The van der Waals surface area contributed by atoms with E-state index in [1.54, 1.807) is 12.1 Å². The van der Waals surface area contributed by atoms with Crippen molar-refractivity contribution in [3.8, 4) is 11.5 Å². The van der Waals surface area contributed by atoms with Gasteiger partial charge in [-0.2, -0.15) is 0 Å². The predicted octanol–water partition coefficient (Wildman–Crippen LogP) is 2.38. The zero-order valence-electron chi connectivity index (χ0n) is 9.90. The van der Waals surface area contributed by atoms with Gasteiger partial charge in [0, 0.05) is 24.1 Å². The normalized spacial score (nSPS) is 17.5. The first-order valence-corrected chi connectivity index (χ1v) is 5.67. The molecule has 1 atom stereocenters. The molecule has 1 aliphatic rings. The van der Waals surface area contributed by atoms with Crippen LogP contribution < -0.4 is 10.4 Å². The maximum Gasteiger partial charge on any atom is 0.336 e. The van der Waals surface area contributed by atoms with Gasteiger partial charge in [-0.25, -0.2) is 4.79 Å². The van der Waals surface area contributed by atoms with Crippen molar-refractivity contribution in [1.82, 2.24) is 0 Å². The van der Waals surface area contributed by atoms with E-state index >= 15 is 0 Å². The summed E-state index contributed by atoms with van der Waals surface area (Å²) in [4.78, 5) is 11.2. The fourth-order valence-electron chi connectivity index (χ4n) is 2.18. The van der Waals surface area contributed by atoms with Gasteiger partial charge in [-0.3, -0.25) is 0 Å². The zero-order chi connectivity index (χ0) is 12.9. The van der Waals surface area contributed by atoms with E-state index in [0.29, 0.717) is 23.1 Å². The minimum absolute atomic E-state index is 0.120. The molecule has 0 unspecified atom stereocenters. The summed E-state index contributed by atoms with van der Waals surface area (Å²) in [5.41, 5.74) is 1.53. The lowest BCUT2D eigenvalue weighted by Gasteiger charge is -2.08. The van der Waals surface area contributed by atoms with Gasteiger partial charge in [-0.15, -0.1) is 0 Å². The van der Waals surface area contributed by atoms with Crippen LogP contribution in [0.4, 0.5) is 0 Å². The Bertz CT molecular complexity index is 712. The molecular formula is C14H12O4. The fraction of sp³-hybridized carbons (Fsp3) is 0.214. The first kappa shape index (κ1) is 10.9. The summed E-state index contributed by atoms with van der Waals surface area (Å²) in [5, 5.41) is 10.7. The lowest BCUT2D eigenvalue weighted by Crippen LogP contribution is -2.13. The van der Waals surface area contributed by atoms with E-state index in [0.717, 1.165) is 11.1 Å². The van der Waals surface area contributed by atoms with Crippen LogP contribution in [0.3, 0.4) is 0 Å². The molecule has 0 bridgehead atoms. The van der Waals surface area contributed by atoms with Crippen molar-refractivity contribution in [2.45, 2.75) is 19.4 Å². The number of hydrogen-bond acceptors (Lipinski definition) is 4. The molecule has 0 spiro atoms. The highest BCUT2D eigenvalue weighted by Gasteiger charge is 2.28. The molecule has 92 valence electrons. The van der Waals surface area contributed by atoms with Crippen LogP contribution in [-0.2, 0) is 6.42 Å². The average Bonchev–Trinajstić information content (AvgIpc) is 2.73. The van der Waals surface area contributed by atoms with Gasteiger partial charge in [-0.1, -0.05) is 6.58 Å². The Hall–Kier alpha value is -2.23. The van der Waals surface area contributed by atoms with Gasteiger partial charge in [0.05, 0.1) is 5.39 Å². The average molecular weight is 244 g/mol. The van der Waals surface area contributed by atoms with E-state index in [1.165, 1.54) is 6.07 Å². The lowest BCUT2D eigenvalue weighted by atomic mass is 10.0. The van der Waals surface area contributed by atoms with E-state index in [9.17, 15) is 9.90 Å². The number of phenols is 1. The summed E-state index contributed by atoms with van der Waals surface area (Å²) in [6, 6.07) is 4.50. The van der Waals surface area contributed by atoms with Crippen LogP contribution in [0.15, 0.2) is 39.6 Å². The standard InChI is InChI=1S/C14H12O4/c1-7(2)10-5-9-12(17-10)6-11-8(14(9)16)3-4-13(15)18-11/h3-4,6,10,16H,1,5H2,2H3/t10-/m0/s1. The summed E-state index contributed by atoms with van der Waals surface area (Å²) in [6.45, 7) is 5.74. The topological polar surface area (TPSA) is 59.7 Å². The third-order valence-corrected chi connectivity index (χ3v) is 3.17. The Labute approximate surface area is 103 Å². The highest BCUT2D eigenvalue weighted by molar-refractivity contribution is 5.87. The fourth-order valence-corrected chi connectivity index (χ4v) is 2.18. The van der Waals surface area contributed by atoms with Crippen molar-refractivity contribution in [3.05, 3.63) is 46.3 Å². The second-order valence-electron chi connectivity index (χ2n) is 4.53. The van der Waals surface area contributed by atoms with E-state index in [4.69, 9.17) is 9.15 Å². The Morgan fingerprint density at radius 2 is 2.28 bits per heavy atom. The molecule has 2 aromatic rings. The van der Waals surface area contributed by atoms with Crippen LogP contribution in [0.2, 0.25) is 0 Å². The predicted molar refractivity (Wildman–Crippen MR) is 67.1 cm³/mol. The Morgan fingerprint density at radius 1 is 1.50 bits per heavy atom. The molecule has 4 heteroatoms. The van der Waals surface area contributed by atoms with E-state index in [-0.39, 0.29) is 11.9 Å². The molecule has 0 fully saturated rings. The maximum atomic E-state index is 11.2. The Balaban J connectivity index is 2.23. The molecule has 18 heavy (non-hydrogen) atoms. The maximum absolute atomic E-state index is 11.2. The highest BCUT2D eigenvalue weighted by Crippen LogP contribution is 2.41. The molecule has 0 aliphatic carbocycles. The van der Waals surface area contributed by atoms with E-state index in [1.807, 2.05) is 6.92 Å². The van der Waals surface area contributed by atoms with Crippen molar-refractivity contribution >= 4 is 11.0 Å². The van der Waals surface area contributed by atoms with Gasteiger partial charge < -0.3 is 14.3 Å². The van der Waals surface area contributed by atoms with Gasteiger partial charge in [-0.05, 0) is 18.6 Å². The van der Waals surface area contributed by atoms with Crippen molar-refractivity contribution in [3.63, 3.8) is 0 Å². The van der Waals surface area contributed by atoms with E-state index < -0.39 is 5.63 Å². The van der Waals surface area contributed by atoms with Crippen LogP contribution >= 0.6 is 0 Å². The summed E-state index contributed by atoms with van der Waals surface area (Å²) >= 11 is 0. The molecule has 1 aromatic heterocycles. The number of ether oxygens (including phenoxy) is 1. The first-order chi connectivity index (χ1) is 8.56. The molecule has 4 nitrogen and oxygen atoms in total. The molecule has 1 N–H and O–H groups in total. The van der Waals surface area contributed by atoms with Gasteiger partial charge in [0.15, 0.2) is 0 Å². The minimum atomic E-state index is -0.448. The van der Waals surface area contributed by atoms with Gasteiger partial charge in [0.1, 0.15) is 23.2 Å². The monoisotopic (exact) mass is 244 g/mol. The van der Waals surface area contributed by atoms with Crippen LogP contribution in [0, 0.1) is 0 Å². The van der Waals surface area contributed by atoms with Crippen molar-refractivity contribution in [1.29, 1.82) is 0 Å². The highest BCUT2D eigenvalue weighted by atomic mass is 16.5. The number of rotatable bonds is 1. The molecule has 1 aliphatic heterocycles. The first-order valence-electron chi connectivity index (χ1n) is 5.67. The van der Waals surface area contributed by atoms with Crippen LogP contribution in [0.5, 0.6) is 11.5 Å². The zero-order valence-corrected chi connectivity index (χ0v) is 9.90. The van der Waals surface area contributed by atoms with Gasteiger partial charge in [0.25, 0.3) is 0 Å². The number of aromatic hydroxyl groups is 1. The van der Waals surface area contributed by atoms with Crippen LogP contribution in [0.1, 0.15) is 12.5 Å². The van der Waals surface area contributed by atoms with Crippen molar-refractivity contribution in [2.75, 3.05) is 0 Å². The number of fused-ring (bicyclic) bond motifs is 2. The molecular weight excluding hydrogens is 232 g/mol. The number of phenolic OH excluding ortho intramolecular Hbond substituents is 1. The van der Waals surface area contributed by atoms with Crippen molar-refractivity contribution < 1.29 is 14.3 Å². The molecule has 3 rings (SSSR count). The second kappa shape index (κ2) is 3.63. The molecule has 0 amide bonds. The number of benzene rings is 1. The smallest absolute Gasteiger partial charge is 0.336 e. The Kier molecular flexibility index (Phi) is 2.20. The summed E-state index contributed by atoms with van der Waals surface area (Å²) in [7, 11) is 0. The molecule has 1 aromatic carbocycles. The van der Waals surface area contributed by atoms with Crippen LogP contribution in [-0.4, -0.2) is 11.2 Å². The molecule has 0 saturated heterocycles. The second-order valence-corrected chi connectivity index (χ2v) is 4.53. The minimum Gasteiger partial charge on any atom is -0.507 e. The quantitative estimate of drug-likeness (QED) is 0.618. The summed E-state index contributed by atoms with van der Waals surface area (Å²) in [6.07, 6.45) is 0.459. The molecule has 0 radical (unpaired) electrons. The number of hydrogen-bond donors (Lipinski definition) is 1. The molecule has 0 saturated carbocycles. The largest absolute Gasteiger partial charge is 0.507 e. The third-order valence-electron chi connectivity index (χ3n) is 3.17. The van der Waals surface area contributed by atoms with Crippen molar-refractivity contribution in [2.24, 2.45) is 0 Å². The summed E-state index contributed by atoms with van der Waals surface area (Å²) < 4.78 is 10.7. The SMILES string of the molecule is C=C(C)[C@@H]1Cc2c(cc3oc(=O)ccc3c2O)O1. The van der Waals surface area contributed by atoms with E-state index in [2.05, 4.69) is 6.58 Å². The van der Waals surface area contributed by atoms with Gasteiger partial charge >= 0.3 is 5.63 Å². The third kappa shape index (κ3) is 1.49. The van der Waals surface area contributed by atoms with Gasteiger partial charge in [0.2, 0.25) is 0 Å².